The third-order valence-electron chi connectivity index (χ3n) is 1.74. The Kier molecular flexibility index (Phi) is 2.84. The van der Waals surface area contributed by atoms with Gasteiger partial charge in [0.05, 0.1) is 0 Å². The van der Waals surface area contributed by atoms with Crippen molar-refractivity contribution in [2.45, 2.75) is 11.6 Å². The van der Waals surface area contributed by atoms with Crippen LogP contribution in [0.2, 0.25) is 0 Å². The first-order valence-electron chi connectivity index (χ1n) is 4.32. The summed E-state index contributed by atoms with van der Waals surface area (Å²) in [7, 11) is 0. The summed E-state index contributed by atoms with van der Waals surface area (Å²) in [6.45, 7) is 0. The lowest BCUT2D eigenvalue weighted by atomic mass is 10.3. The van der Waals surface area contributed by atoms with E-state index in [1.807, 2.05) is 24.3 Å². The number of rotatable bonds is 4. The van der Waals surface area contributed by atoms with Crippen LogP contribution in [-0.2, 0) is 4.79 Å². The molecule has 72 valence electrons. The van der Waals surface area contributed by atoms with E-state index in [2.05, 4.69) is 4.98 Å². The van der Waals surface area contributed by atoms with Crippen molar-refractivity contribution in [1.29, 1.82) is 0 Å². The lowest BCUT2D eigenvalue weighted by Gasteiger charge is -1.88. The number of para-hydroxylation sites is 2. The molecule has 0 amide bonds. The van der Waals surface area contributed by atoms with Crippen molar-refractivity contribution in [2.75, 3.05) is 5.75 Å². The minimum atomic E-state index is 0.531. The number of nitrogens with zero attached hydrogens (tertiary/aromatic N) is 1. The first-order valence-corrected chi connectivity index (χ1v) is 5.31. The Hall–Kier alpha value is -1.29. The van der Waals surface area contributed by atoms with Crippen molar-refractivity contribution < 1.29 is 9.21 Å². The third-order valence-corrected chi connectivity index (χ3v) is 2.60. The van der Waals surface area contributed by atoms with E-state index in [1.54, 1.807) is 0 Å². The van der Waals surface area contributed by atoms with Crippen molar-refractivity contribution in [3.05, 3.63) is 24.3 Å². The van der Waals surface area contributed by atoms with Gasteiger partial charge in [0, 0.05) is 12.2 Å². The molecule has 1 heterocycles. The van der Waals surface area contributed by atoms with Gasteiger partial charge < -0.3 is 9.21 Å². The fourth-order valence-electron chi connectivity index (χ4n) is 1.11. The van der Waals surface area contributed by atoms with Crippen LogP contribution in [0.5, 0.6) is 0 Å². The van der Waals surface area contributed by atoms with Gasteiger partial charge >= 0.3 is 0 Å². The molecule has 4 heteroatoms. The fourth-order valence-corrected chi connectivity index (χ4v) is 1.81. The SMILES string of the molecule is O=CCCSc1nc2ccccc2o1. The zero-order valence-electron chi connectivity index (χ0n) is 7.47. The maximum absolute atomic E-state index is 10.1. The normalized spacial score (nSPS) is 10.6. The highest BCUT2D eigenvalue weighted by Gasteiger charge is 2.04. The summed E-state index contributed by atoms with van der Waals surface area (Å²) in [5.41, 5.74) is 1.65. The average molecular weight is 207 g/mol. The number of fused-ring (bicyclic) bond motifs is 1. The second-order valence-electron chi connectivity index (χ2n) is 2.75. The summed E-state index contributed by atoms with van der Waals surface area (Å²) in [6, 6.07) is 7.62. The second-order valence-corrected chi connectivity index (χ2v) is 3.80. The topological polar surface area (TPSA) is 43.1 Å². The van der Waals surface area contributed by atoms with Gasteiger partial charge in [-0.05, 0) is 12.1 Å². The Balaban J connectivity index is 2.14. The zero-order valence-corrected chi connectivity index (χ0v) is 8.29. The first-order chi connectivity index (χ1) is 6.90. The fraction of sp³-hybridized carbons (Fsp3) is 0.200. The van der Waals surface area contributed by atoms with E-state index in [4.69, 9.17) is 4.42 Å². The lowest BCUT2D eigenvalue weighted by molar-refractivity contribution is -0.107. The van der Waals surface area contributed by atoms with Crippen LogP contribution in [0.25, 0.3) is 11.1 Å². The van der Waals surface area contributed by atoms with Crippen LogP contribution < -0.4 is 0 Å². The van der Waals surface area contributed by atoms with Crippen LogP contribution in [0.3, 0.4) is 0 Å². The van der Waals surface area contributed by atoms with Gasteiger partial charge in [0.15, 0.2) is 5.58 Å². The summed E-state index contributed by atoms with van der Waals surface area (Å²) in [5.74, 6) is 0.719. The predicted molar refractivity (Wildman–Crippen MR) is 55.4 cm³/mol. The van der Waals surface area contributed by atoms with Crippen molar-refractivity contribution in [2.24, 2.45) is 0 Å². The van der Waals surface area contributed by atoms with Gasteiger partial charge in [-0.3, -0.25) is 0 Å². The predicted octanol–water partition coefficient (Wildman–Crippen LogP) is 2.51. The molecule has 0 bridgehead atoms. The van der Waals surface area contributed by atoms with Crippen molar-refractivity contribution in [1.82, 2.24) is 4.98 Å². The Morgan fingerprint density at radius 2 is 2.29 bits per heavy atom. The maximum Gasteiger partial charge on any atom is 0.256 e. The first kappa shape index (κ1) is 9.27. The molecular formula is C10H9NO2S. The van der Waals surface area contributed by atoms with Crippen LogP contribution in [0.15, 0.2) is 33.9 Å². The van der Waals surface area contributed by atoms with E-state index >= 15 is 0 Å². The van der Waals surface area contributed by atoms with Gasteiger partial charge in [-0.2, -0.15) is 0 Å². The Morgan fingerprint density at radius 1 is 1.43 bits per heavy atom. The summed E-state index contributed by atoms with van der Waals surface area (Å²) >= 11 is 1.46. The molecule has 2 rings (SSSR count). The van der Waals surface area contributed by atoms with Gasteiger partial charge in [0.2, 0.25) is 0 Å². The summed E-state index contributed by atoms with van der Waals surface area (Å²) < 4.78 is 5.45. The maximum atomic E-state index is 10.1. The molecule has 1 aromatic heterocycles. The van der Waals surface area contributed by atoms with Crippen LogP contribution in [0, 0.1) is 0 Å². The summed E-state index contributed by atoms with van der Waals surface area (Å²) in [4.78, 5) is 14.4. The van der Waals surface area contributed by atoms with Gasteiger partial charge in [-0.15, -0.1) is 0 Å². The average Bonchev–Trinajstić information content (AvgIpc) is 2.60. The van der Waals surface area contributed by atoms with Crippen molar-refractivity contribution in [3.8, 4) is 0 Å². The molecule has 0 unspecified atom stereocenters. The largest absolute Gasteiger partial charge is 0.431 e. The van der Waals surface area contributed by atoms with E-state index in [-0.39, 0.29) is 0 Å². The molecule has 2 aromatic rings. The minimum absolute atomic E-state index is 0.531. The van der Waals surface area contributed by atoms with E-state index in [0.717, 1.165) is 23.1 Å². The van der Waals surface area contributed by atoms with Gasteiger partial charge in [0.1, 0.15) is 11.8 Å². The molecule has 0 saturated carbocycles. The van der Waals surface area contributed by atoms with Crippen LogP contribution in [0.1, 0.15) is 6.42 Å². The van der Waals surface area contributed by atoms with Crippen LogP contribution in [0.4, 0.5) is 0 Å². The molecule has 0 saturated heterocycles. The third kappa shape index (κ3) is 1.96. The number of hydrogen-bond donors (Lipinski definition) is 0. The highest BCUT2D eigenvalue weighted by Crippen LogP contribution is 2.23. The highest BCUT2D eigenvalue weighted by atomic mass is 32.2. The molecule has 0 fully saturated rings. The molecule has 0 atom stereocenters. The molecule has 1 aromatic carbocycles. The number of carbonyl (C=O) groups excluding carboxylic acids is 1. The van der Waals surface area contributed by atoms with Crippen LogP contribution >= 0.6 is 11.8 Å². The Labute approximate surface area is 85.5 Å². The molecule has 14 heavy (non-hydrogen) atoms. The number of thioether (sulfide) groups is 1. The van der Waals surface area contributed by atoms with E-state index < -0.39 is 0 Å². The summed E-state index contributed by atoms with van der Waals surface area (Å²) in [5, 5.41) is 0.632. The molecule has 0 aliphatic carbocycles. The zero-order chi connectivity index (χ0) is 9.80. The van der Waals surface area contributed by atoms with E-state index in [9.17, 15) is 4.79 Å². The monoisotopic (exact) mass is 207 g/mol. The molecule has 0 aliphatic heterocycles. The molecular weight excluding hydrogens is 198 g/mol. The highest BCUT2D eigenvalue weighted by molar-refractivity contribution is 7.99. The minimum Gasteiger partial charge on any atom is -0.431 e. The standard InChI is InChI=1S/C10H9NO2S/c12-6-3-7-14-10-11-8-4-1-2-5-9(8)13-10/h1-2,4-6H,3,7H2. The van der Waals surface area contributed by atoms with Crippen molar-refractivity contribution in [3.63, 3.8) is 0 Å². The van der Waals surface area contributed by atoms with Gasteiger partial charge in [-0.25, -0.2) is 4.98 Å². The second kappa shape index (κ2) is 4.28. The van der Waals surface area contributed by atoms with E-state index in [1.165, 1.54) is 11.8 Å². The Bertz CT molecular complexity index is 405. The Morgan fingerprint density at radius 3 is 3.07 bits per heavy atom. The van der Waals surface area contributed by atoms with Gasteiger partial charge in [0.25, 0.3) is 5.22 Å². The van der Waals surface area contributed by atoms with Crippen LogP contribution in [-0.4, -0.2) is 17.0 Å². The quantitative estimate of drug-likeness (QED) is 0.439. The number of hydrogen-bond acceptors (Lipinski definition) is 4. The van der Waals surface area contributed by atoms with Crippen molar-refractivity contribution >= 4 is 29.1 Å². The summed E-state index contributed by atoms with van der Waals surface area (Å²) in [6.07, 6.45) is 1.43. The smallest absolute Gasteiger partial charge is 0.256 e. The number of benzene rings is 1. The van der Waals surface area contributed by atoms with Gasteiger partial charge in [-0.1, -0.05) is 23.9 Å². The molecule has 0 radical (unpaired) electrons. The number of aldehydes is 1. The van der Waals surface area contributed by atoms with E-state index in [0.29, 0.717) is 11.6 Å². The molecule has 0 spiro atoms. The number of aromatic nitrogens is 1. The lowest BCUT2D eigenvalue weighted by Crippen LogP contribution is -1.79. The molecule has 0 aliphatic rings. The number of oxazole rings is 1. The molecule has 3 nitrogen and oxygen atoms in total. The molecule has 0 N–H and O–H groups in total. The number of carbonyl (C=O) groups is 1.